The van der Waals surface area contributed by atoms with Crippen LogP contribution in [-0.4, -0.2) is 64.1 Å². The monoisotopic (exact) mass is 623 g/mol. The number of ether oxygens (including phenoxy) is 2. The summed E-state index contributed by atoms with van der Waals surface area (Å²) >= 11 is 3.03. The Balaban J connectivity index is 1.94. The first kappa shape index (κ1) is 35.6. The van der Waals surface area contributed by atoms with E-state index in [1.165, 1.54) is 11.3 Å². The van der Waals surface area contributed by atoms with Crippen molar-refractivity contribution >= 4 is 40.6 Å². The molecule has 0 bridgehead atoms. The van der Waals surface area contributed by atoms with E-state index in [1.807, 2.05) is 33.1 Å². The van der Waals surface area contributed by atoms with Crippen LogP contribution < -0.4 is 10.6 Å². The van der Waals surface area contributed by atoms with Crippen molar-refractivity contribution in [3.05, 3.63) is 32.7 Å². The van der Waals surface area contributed by atoms with Crippen molar-refractivity contribution in [3.8, 4) is 0 Å². The van der Waals surface area contributed by atoms with Gasteiger partial charge in [0.05, 0.1) is 39.8 Å². The van der Waals surface area contributed by atoms with E-state index in [9.17, 15) is 14.4 Å². The van der Waals surface area contributed by atoms with E-state index >= 15 is 0 Å². The molecule has 0 aliphatic carbocycles. The summed E-state index contributed by atoms with van der Waals surface area (Å²) in [7, 11) is 1.70. The normalized spacial score (nSPS) is 13.8. The van der Waals surface area contributed by atoms with Crippen LogP contribution in [0.5, 0.6) is 0 Å². The van der Waals surface area contributed by atoms with Gasteiger partial charge in [-0.3, -0.25) is 9.78 Å². The Bertz CT molecular complexity index is 1100. The number of hydrogen-bond acceptors (Lipinski definition) is 9. The van der Waals surface area contributed by atoms with Crippen molar-refractivity contribution < 1.29 is 23.9 Å². The second kappa shape index (κ2) is 17.5. The van der Waals surface area contributed by atoms with Crippen molar-refractivity contribution in [2.24, 2.45) is 5.92 Å². The molecule has 0 spiro atoms. The summed E-state index contributed by atoms with van der Waals surface area (Å²) in [5.41, 5.74) is 2.07. The van der Waals surface area contributed by atoms with Crippen molar-refractivity contribution in [3.63, 3.8) is 0 Å². The molecule has 0 saturated heterocycles. The van der Waals surface area contributed by atoms with E-state index in [-0.39, 0.29) is 37.0 Å². The molecule has 2 N–H and O–H groups in total. The number of Topliss-reactive ketones (excluding diaryl/α,β-unsaturated/α-hetero) is 1. The van der Waals surface area contributed by atoms with Crippen LogP contribution in [0.3, 0.4) is 0 Å². The fourth-order valence-corrected chi connectivity index (χ4v) is 5.47. The molecular formula is C30H49N5O5S2. The van der Waals surface area contributed by atoms with E-state index in [1.54, 1.807) is 35.0 Å². The molecule has 0 radical (unpaired) electrons. The van der Waals surface area contributed by atoms with Crippen LogP contribution in [0, 0.1) is 5.92 Å². The fourth-order valence-electron chi connectivity index (χ4n) is 4.13. The second-order valence-electron chi connectivity index (χ2n) is 11.9. The van der Waals surface area contributed by atoms with E-state index < -0.39 is 17.7 Å². The van der Waals surface area contributed by atoms with Gasteiger partial charge in [-0.25, -0.2) is 14.6 Å². The molecule has 0 aromatic carbocycles. The summed E-state index contributed by atoms with van der Waals surface area (Å²) in [6, 6.07) is -1.17. The quantitative estimate of drug-likeness (QED) is 0.206. The molecule has 2 aromatic rings. The topological polar surface area (TPSA) is 123 Å². The zero-order chi connectivity index (χ0) is 31.3. The van der Waals surface area contributed by atoms with Crippen LogP contribution in [0.2, 0.25) is 0 Å². The van der Waals surface area contributed by atoms with Crippen LogP contribution >= 0.6 is 22.7 Å². The molecular weight excluding hydrogens is 574 g/mol. The third kappa shape index (κ3) is 13.2. The van der Waals surface area contributed by atoms with Crippen LogP contribution in [-0.2, 0) is 27.4 Å². The third-order valence-electron chi connectivity index (χ3n) is 6.81. The Labute approximate surface area is 259 Å². The molecule has 12 heteroatoms. The van der Waals surface area contributed by atoms with Crippen LogP contribution in [0.4, 0.5) is 9.59 Å². The van der Waals surface area contributed by atoms with E-state index in [0.29, 0.717) is 18.9 Å². The van der Waals surface area contributed by atoms with E-state index in [2.05, 4.69) is 41.4 Å². The number of nitrogens with zero attached hydrogens (tertiary/aromatic N) is 3. The smallest absolute Gasteiger partial charge is 0.407 e. The standard InChI is InChI=1S/C30H49N5O5S2/c1-9-21(11-12-22(10-2)33-29(38)39-16-24-14-31-19-42-24)13-26(36)25(17-40-30(5,6)7)34-28(37)35(8)15-23-18-41-27(32-23)20(3)4/h14,18-22,25H,9-13,15-17H2,1-8H3,(H,33,38)(H,34,37)/t21-,22-,25-/m0/s1. The molecule has 0 aliphatic heterocycles. The van der Waals surface area contributed by atoms with Gasteiger partial charge in [0.15, 0.2) is 5.78 Å². The zero-order valence-corrected chi connectivity index (χ0v) is 28.0. The number of urea groups is 1. The molecule has 3 amide bonds. The van der Waals surface area contributed by atoms with E-state index in [4.69, 9.17) is 9.47 Å². The van der Waals surface area contributed by atoms with Crippen LogP contribution in [0.1, 0.15) is 102 Å². The van der Waals surface area contributed by atoms with Gasteiger partial charge in [0, 0.05) is 37.0 Å². The summed E-state index contributed by atoms with van der Waals surface area (Å²) in [5, 5.41) is 8.85. The lowest BCUT2D eigenvalue weighted by atomic mass is 9.90. The van der Waals surface area contributed by atoms with Crippen molar-refractivity contribution in [2.75, 3.05) is 13.7 Å². The first-order valence-corrected chi connectivity index (χ1v) is 16.5. The van der Waals surface area contributed by atoms with Crippen molar-refractivity contribution in [2.45, 2.75) is 117 Å². The van der Waals surface area contributed by atoms with Gasteiger partial charge in [0.2, 0.25) is 0 Å². The van der Waals surface area contributed by atoms with Crippen LogP contribution in [0.15, 0.2) is 17.1 Å². The highest BCUT2D eigenvalue weighted by molar-refractivity contribution is 7.09. The van der Waals surface area contributed by atoms with Gasteiger partial charge in [0.25, 0.3) is 0 Å². The number of hydrogen-bond donors (Lipinski definition) is 2. The third-order valence-corrected chi connectivity index (χ3v) is 8.76. The first-order valence-electron chi connectivity index (χ1n) is 14.7. The fraction of sp³-hybridized carbons (Fsp3) is 0.700. The maximum absolute atomic E-state index is 13.5. The minimum Gasteiger partial charge on any atom is -0.444 e. The predicted molar refractivity (Wildman–Crippen MR) is 168 cm³/mol. The number of thiazole rings is 2. The maximum Gasteiger partial charge on any atom is 0.407 e. The molecule has 0 aliphatic rings. The lowest BCUT2D eigenvalue weighted by molar-refractivity contribution is -0.125. The molecule has 0 saturated carbocycles. The zero-order valence-electron chi connectivity index (χ0n) is 26.4. The lowest BCUT2D eigenvalue weighted by Crippen LogP contribution is -2.50. The molecule has 236 valence electrons. The Hall–Kier alpha value is -2.57. The summed E-state index contributed by atoms with van der Waals surface area (Å²) in [6.45, 7) is 14.7. The minimum absolute atomic E-state index is 0.0570. The Kier molecular flexibility index (Phi) is 14.9. The summed E-state index contributed by atoms with van der Waals surface area (Å²) in [5.74, 6) is 0.378. The summed E-state index contributed by atoms with van der Waals surface area (Å²) in [4.78, 5) is 49.9. The Morgan fingerprint density at radius 2 is 1.81 bits per heavy atom. The first-order chi connectivity index (χ1) is 19.8. The van der Waals surface area contributed by atoms with Gasteiger partial charge in [0.1, 0.15) is 12.6 Å². The highest BCUT2D eigenvalue weighted by Gasteiger charge is 2.27. The number of ketones is 1. The molecule has 10 nitrogen and oxygen atoms in total. The molecule has 0 fully saturated rings. The van der Waals surface area contributed by atoms with Gasteiger partial charge in [-0.2, -0.15) is 0 Å². The maximum atomic E-state index is 13.5. The van der Waals surface area contributed by atoms with Gasteiger partial charge >= 0.3 is 12.1 Å². The Morgan fingerprint density at radius 3 is 2.38 bits per heavy atom. The lowest BCUT2D eigenvalue weighted by Gasteiger charge is -2.27. The van der Waals surface area contributed by atoms with Gasteiger partial charge < -0.3 is 25.0 Å². The average molecular weight is 624 g/mol. The highest BCUT2D eigenvalue weighted by atomic mass is 32.1. The molecule has 2 aromatic heterocycles. The summed E-state index contributed by atoms with van der Waals surface area (Å²) < 4.78 is 11.2. The van der Waals surface area contributed by atoms with Crippen molar-refractivity contribution in [1.29, 1.82) is 0 Å². The van der Waals surface area contributed by atoms with Gasteiger partial charge in [-0.05, 0) is 46.0 Å². The van der Waals surface area contributed by atoms with Crippen LogP contribution in [0.25, 0.3) is 0 Å². The largest absolute Gasteiger partial charge is 0.444 e. The number of carbonyl (C=O) groups excluding carboxylic acids is 3. The van der Waals surface area contributed by atoms with Gasteiger partial charge in [-0.1, -0.05) is 34.1 Å². The molecule has 42 heavy (non-hydrogen) atoms. The number of carbonyl (C=O) groups is 3. The minimum atomic E-state index is -0.767. The number of nitrogens with one attached hydrogen (secondary N) is 2. The molecule has 0 unspecified atom stereocenters. The molecule has 2 rings (SSSR count). The van der Waals surface area contributed by atoms with E-state index in [0.717, 1.165) is 41.3 Å². The summed E-state index contributed by atoms with van der Waals surface area (Å²) in [6.07, 6.45) is 4.59. The SMILES string of the molecule is CC[C@@H](CC[C@H](CC)NC(=O)OCc1cncs1)CC(=O)[C@H](COC(C)(C)C)NC(=O)N(C)Cc1csc(C(C)C)n1. The number of aromatic nitrogens is 2. The molecule has 3 atom stereocenters. The second-order valence-corrected chi connectivity index (χ2v) is 13.8. The predicted octanol–water partition coefficient (Wildman–Crippen LogP) is 6.52. The van der Waals surface area contributed by atoms with Crippen molar-refractivity contribution in [1.82, 2.24) is 25.5 Å². The Morgan fingerprint density at radius 1 is 1.07 bits per heavy atom. The number of rotatable bonds is 17. The number of amides is 3. The number of alkyl carbamates (subject to hydrolysis) is 1. The van der Waals surface area contributed by atoms with Gasteiger partial charge in [-0.15, -0.1) is 22.7 Å². The highest BCUT2D eigenvalue weighted by Crippen LogP contribution is 2.21. The molecule has 2 heterocycles. The average Bonchev–Trinajstić information content (AvgIpc) is 3.63.